The van der Waals surface area contributed by atoms with Gasteiger partial charge in [-0.05, 0) is 116 Å². The van der Waals surface area contributed by atoms with Gasteiger partial charge in [0.15, 0.2) is 6.10 Å². The Morgan fingerprint density at radius 1 is 0.284 bits per heavy atom. The number of hydrogen-bond acceptors (Lipinski definition) is 6. The van der Waals surface area contributed by atoms with Crippen molar-refractivity contribution in [2.24, 2.45) is 0 Å². The third kappa shape index (κ3) is 59.2. The van der Waals surface area contributed by atoms with Gasteiger partial charge < -0.3 is 14.2 Å². The van der Waals surface area contributed by atoms with Gasteiger partial charge >= 0.3 is 17.9 Å². The zero-order chi connectivity index (χ0) is 53.6. The van der Waals surface area contributed by atoms with Gasteiger partial charge in [-0.2, -0.15) is 0 Å². The molecule has 74 heavy (non-hydrogen) atoms. The van der Waals surface area contributed by atoms with Gasteiger partial charge in [0.2, 0.25) is 0 Å². The molecular weight excluding hydrogens is 913 g/mol. The molecule has 0 N–H and O–H groups in total. The lowest BCUT2D eigenvalue weighted by molar-refractivity contribution is -0.167. The van der Waals surface area contributed by atoms with Crippen LogP contribution in [0.15, 0.2) is 97.2 Å². The molecule has 0 aliphatic carbocycles. The van der Waals surface area contributed by atoms with Gasteiger partial charge in [0, 0.05) is 19.3 Å². The van der Waals surface area contributed by atoms with Crippen molar-refractivity contribution in [1.82, 2.24) is 0 Å². The predicted molar refractivity (Wildman–Crippen MR) is 320 cm³/mol. The van der Waals surface area contributed by atoms with Crippen LogP contribution < -0.4 is 0 Å². The molecule has 0 aliphatic rings. The molecule has 0 rings (SSSR count). The van der Waals surface area contributed by atoms with Crippen molar-refractivity contribution in [3.8, 4) is 0 Å². The zero-order valence-electron chi connectivity index (χ0n) is 48.6. The number of esters is 3. The number of unbranched alkanes of at least 4 members (excludes halogenated alkanes) is 29. The van der Waals surface area contributed by atoms with Gasteiger partial charge in [-0.15, -0.1) is 0 Å². The molecule has 0 aromatic rings. The highest BCUT2D eigenvalue weighted by Crippen LogP contribution is 2.16. The van der Waals surface area contributed by atoms with E-state index in [1.165, 1.54) is 135 Å². The van der Waals surface area contributed by atoms with Crippen molar-refractivity contribution in [3.63, 3.8) is 0 Å². The second kappa shape index (κ2) is 61.9. The van der Waals surface area contributed by atoms with E-state index in [0.717, 1.165) is 122 Å². The first-order valence-electron chi connectivity index (χ1n) is 31.2. The summed E-state index contributed by atoms with van der Waals surface area (Å²) < 4.78 is 16.9. The molecule has 1 unspecified atom stereocenters. The minimum Gasteiger partial charge on any atom is -0.462 e. The smallest absolute Gasteiger partial charge is 0.306 e. The molecule has 0 fully saturated rings. The summed E-state index contributed by atoms with van der Waals surface area (Å²) >= 11 is 0. The van der Waals surface area contributed by atoms with Gasteiger partial charge in [0.25, 0.3) is 0 Å². The third-order valence-corrected chi connectivity index (χ3v) is 13.3. The summed E-state index contributed by atoms with van der Waals surface area (Å²) in [5.74, 6) is -0.936. The van der Waals surface area contributed by atoms with Crippen molar-refractivity contribution in [3.05, 3.63) is 97.2 Å². The van der Waals surface area contributed by atoms with E-state index < -0.39 is 6.10 Å². The number of carbonyl (C=O) groups excluding carboxylic acids is 3. The first-order valence-corrected chi connectivity index (χ1v) is 31.2. The molecule has 1 atom stereocenters. The predicted octanol–water partition coefficient (Wildman–Crippen LogP) is 21.3. The number of rotatable bonds is 56. The van der Waals surface area contributed by atoms with Crippen LogP contribution in [0.4, 0.5) is 0 Å². The summed E-state index contributed by atoms with van der Waals surface area (Å²) in [7, 11) is 0. The van der Waals surface area contributed by atoms with Crippen molar-refractivity contribution >= 4 is 17.9 Å². The summed E-state index contributed by atoms with van der Waals surface area (Å²) in [6, 6.07) is 0. The van der Waals surface area contributed by atoms with E-state index in [1.807, 2.05) is 0 Å². The Morgan fingerprint density at radius 3 is 0.892 bits per heavy atom. The molecule has 0 aromatic carbocycles. The van der Waals surface area contributed by atoms with Crippen molar-refractivity contribution in [1.29, 1.82) is 0 Å². The molecule has 0 saturated heterocycles. The maximum Gasteiger partial charge on any atom is 0.306 e. The number of hydrogen-bond donors (Lipinski definition) is 0. The molecular formula is C68H116O6. The number of ether oxygens (including phenoxy) is 3. The summed E-state index contributed by atoms with van der Waals surface area (Å²) in [6.45, 7) is 6.47. The number of allylic oxidation sites excluding steroid dienone is 16. The van der Waals surface area contributed by atoms with Crippen LogP contribution in [-0.4, -0.2) is 37.2 Å². The van der Waals surface area contributed by atoms with E-state index in [0.29, 0.717) is 12.8 Å². The quantitative estimate of drug-likeness (QED) is 0.0261. The van der Waals surface area contributed by atoms with Crippen LogP contribution in [0.2, 0.25) is 0 Å². The second-order valence-electron chi connectivity index (χ2n) is 20.6. The highest BCUT2D eigenvalue weighted by molar-refractivity contribution is 5.71. The van der Waals surface area contributed by atoms with Crippen LogP contribution in [-0.2, 0) is 28.6 Å². The Hall–Kier alpha value is -3.67. The van der Waals surface area contributed by atoms with Crippen LogP contribution in [0.3, 0.4) is 0 Å². The Kier molecular flexibility index (Phi) is 58.8. The highest BCUT2D eigenvalue weighted by atomic mass is 16.6. The monoisotopic (exact) mass is 1030 g/mol. The molecule has 0 aromatic heterocycles. The van der Waals surface area contributed by atoms with Gasteiger partial charge in [-0.3, -0.25) is 14.4 Å². The molecule has 0 aliphatic heterocycles. The van der Waals surface area contributed by atoms with E-state index in [-0.39, 0.29) is 37.5 Å². The minimum atomic E-state index is -0.803. The fourth-order valence-electron chi connectivity index (χ4n) is 8.60. The van der Waals surface area contributed by atoms with E-state index in [4.69, 9.17) is 14.2 Å². The molecule has 0 saturated carbocycles. The largest absolute Gasteiger partial charge is 0.462 e. The minimum absolute atomic E-state index is 0.0957. The highest BCUT2D eigenvalue weighted by Gasteiger charge is 2.19. The van der Waals surface area contributed by atoms with Crippen LogP contribution in [0.5, 0.6) is 0 Å². The van der Waals surface area contributed by atoms with Gasteiger partial charge in [-0.25, -0.2) is 0 Å². The first-order chi connectivity index (χ1) is 36.5. The molecule has 6 heteroatoms. The average molecular weight is 1030 g/mol. The van der Waals surface area contributed by atoms with Gasteiger partial charge in [0.05, 0.1) is 0 Å². The normalized spacial score (nSPS) is 12.7. The Labute approximate surface area is 457 Å². The van der Waals surface area contributed by atoms with Crippen LogP contribution in [0.1, 0.15) is 297 Å². The fraction of sp³-hybridized carbons (Fsp3) is 0.721. The zero-order valence-corrected chi connectivity index (χ0v) is 48.6. The topological polar surface area (TPSA) is 78.9 Å². The molecule has 0 amide bonds. The SMILES string of the molecule is CC/C=C\C/C=C\C/C=C\C/C=C\C/C=C\CCCCCC(=O)OC(COC(=O)CCCCCCC/C=C\C/C=C\CCCC)COC(=O)CCCCCCCCCCCCC/C=C\CCCCCCCCCC. The molecule has 424 valence electrons. The second-order valence-corrected chi connectivity index (χ2v) is 20.6. The van der Waals surface area contributed by atoms with Crippen LogP contribution in [0, 0.1) is 0 Å². The van der Waals surface area contributed by atoms with E-state index in [2.05, 4.69) is 118 Å². The van der Waals surface area contributed by atoms with Crippen molar-refractivity contribution < 1.29 is 28.6 Å². The fourth-order valence-corrected chi connectivity index (χ4v) is 8.60. The Bertz CT molecular complexity index is 1460. The Balaban J connectivity index is 4.40. The lowest BCUT2D eigenvalue weighted by atomic mass is 10.0. The maximum absolute atomic E-state index is 12.9. The molecule has 0 spiro atoms. The molecule has 0 radical (unpaired) electrons. The molecule has 6 nitrogen and oxygen atoms in total. The average Bonchev–Trinajstić information content (AvgIpc) is 3.40. The van der Waals surface area contributed by atoms with E-state index in [1.54, 1.807) is 0 Å². The van der Waals surface area contributed by atoms with Crippen molar-refractivity contribution in [2.45, 2.75) is 303 Å². The standard InChI is InChI=1S/C68H116O6/c1-4-7-10-13-16-19-22-25-28-30-32-33-34-35-37-38-40-43-46-49-52-55-58-61-67(70)73-64-65(63-72-66(69)60-57-54-51-48-45-42-27-24-21-18-15-12-9-6-3)74-68(71)62-59-56-53-50-47-44-41-39-36-31-29-26-23-20-17-14-11-8-5-2/h8,11,15,17-18,20,24,26-27,29-30,32,36,39,44,47,65H,4-7,9-10,12-14,16,19,21-23,25,28,31,33-35,37-38,40-43,45-46,48-64H2,1-3H3/b11-8-,18-15-,20-17-,27-24-,29-26-,32-30-,39-36-,47-44-. The summed E-state index contributed by atoms with van der Waals surface area (Å²) in [4.78, 5) is 38.3. The molecule has 0 bridgehead atoms. The summed E-state index contributed by atoms with van der Waals surface area (Å²) in [5, 5.41) is 0. The maximum atomic E-state index is 12.9. The van der Waals surface area contributed by atoms with Gasteiger partial charge in [-0.1, -0.05) is 259 Å². The van der Waals surface area contributed by atoms with E-state index >= 15 is 0 Å². The van der Waals surface area contributed by atoms with Crippen LogP contribution >= 0.6 is 0 Å². The van der Waals surface area contributed by atoms with Gasteiger partial charge in [0.1, 0.15) is 13.2 Å². The lowest BCUT2D eigenvalue weighted by Gasteiger charge is -2.18. The number of carbonyl (C=O) groups is 3. The summed E-state index contributed by atoms with van der Waals surface area (Å²) in [6.07, 6.45) is 82.7. The first kappa shape index (κ1) is 70.3. The third-order valence-electron chi connectivity index (χ3n) is 13.3. The molecule has 0 heterocycles. The lowest BCUT2D eigenvalue weighted by Crippen LogP contribution is -2.30. The van der Waals surface area contributed by atoms with Crippen molar-refractivity contribution in [2.75, 3.05) is 13.2 Å². The Morgan fingerprint density at radius 2 is 0.541 bits per heavy atom. The summed E-state index contributed by atoms with van der Waals surface area (Å²) in [5.41, 5.74) is 0. The van der Waals surface area contributed by atoms with Crippen LogP contribution in [0.25, 0.3) is 0 Å². The van der Waals surface area contributed by atoms with E-state index in [9.17, 15) is 14.4 Å².